The molecule has 0 saturated carbocycles. The summed E-state index contributed by atoms with van der Waals surface area (Å²) in [6.07, 6.45) is 1.02. The molecule has 4 aromatic rings. The van der Waals surface area contributed by atoms with Crippen LogP contribution in [0, 0.1) is 0 Å². The zero-order valence-electron chi connectivity index (χ0n) is 22.3. The maximum Gasteiger partial charge on any atom is 0.332 e. The Balaban J connectivity index is 1.42. The van der Waals surface area contributed by atoms with E-state index in [9.17, 15) is 14.4 Å². The molecule has 1 saturated heterocycles. The molecule has 9 nitrogen and oxygen atoms in total. The Morgan fingerprint density at radius 3 is 2.52 bits per heavy atom. The van der Waals surface area contributed by atoms with Crippen LogP contribution in [-0.2, 0) is 16.0 Å². The first-order chi connectivity index (χ1) is 19.5. The van der Waals surface area contributed by atoms with Crippen molar-refractivity contribution in [3.8, 4) is 5.75 Å². The van der Waals surface area contributed by atoms with Gasteiger partial charge in [-0.1, -0.05) is 42.5 Å². The second kappa shape index (κ2) is 10.5. The predicted molar refractivity (Wildman–Crippen MR) is 151 cm³/mol. The number of rotatable bonds is 8. The fourth-order valence-electron chi connectivity index (χ4n) is 5.80. The third-order valence-electron chi connectivity index (χ3n) is 7.68. The first kappa shape index (κ1) is 25.6. The SMILES string of the molecule is COCCCNC(=O)c1ccccc1N1C(=O)[C@@H]2Cc3c([nH]c4ccccc34)[C@H](c3ccc(OC)cc3)N2C1=O. The van der Waals surface area contributed by atoms with Crippen molar-refractivity contribution in [2.45, 2.75) is 24.9 Å². The van der Waals surface area contributed by atoms with Crippen LogP contribution in [0.3, 0.4) is 0 Å². The van der Waals surface area contributed by atoms with E-state index in [2.05, 4.69) is 10.3 Å². The molecule has 0 spiro atoms. The predicted octanol–water partition coefficient (Wildman–Crippen LogP) is 4.43. The lowest BCUT2D eigenvalue weighted by Gasteiger charge is -2.36. The molecule has 2 aliphatic heterocycles. The van der Waals surface area contributed by atoms with Crippen LogP contribution in [0.5, 0.6) is 5.75 Å². The molecule has 2 atom stereocenters. The molecule has 40 heavy (non-hydrogen) atoms. The van der Waals surface area contributed by atoms with Crippen LogP contribution >= 0.6 is 0 Å². The quantitative estimate of drug-likeness (QED) is 0.255. The Kier molecular flexibility index (Phi) is 6.73. The smallest absolute Gasteiger partial charge is 0.332 e. The second-order valence-corrected chi connectivity index (χ2v) is 9.94. The maximum atomic E-state index is 14.2. The van der Waals surface area contributed by atoms with Crippen molar-refractivity contribution in [1.82, 2.24) is 15.2 Å². The van der Waals surface area contributed by atoms with Gasteiger partial charge in [-0.15, -0.1) is 0 Å². The van der Waals surface area contributed by atoms with E-state index in [4.69, 9.17) is 9.47 Å². The lowest BCUT2D eigenvalue weighted by Crippen LogP contribution is -2.44. The van der Waals surface area contributed by atoms with Crippen LogP contribution in [0.15, 0.2) is 72.8 Å². The first-order valence-corrected chi connectivity index (χ1v) is 13.3. The Bertz CT molecular complexity index is 1600. The third kappa shape index (κ3) is 4.19. The number of hydrogen-bond acceptors (Lipinski definition) is 5. The number of aromatic amines is 1. The van der Waals surface area contributed by atoms with Gasteiger partial charge >= 0.3 is 6.03 Å². The second-order valence-electron chi connectivity index (χ2n) is 9.94. The Labute approximate surface area is 231 Å². The number of nitrogens with zero attached hydrogens (tertiary/aromatic N) is 2. The maximum absolute atomic E-state index is 14.2. The van der Waals surface area contributed by atoms with Crippen LogP contribution in [0.4, 0.5) is 10.5 Å². The van der Waals surface area contributed by atoms with Crippen LogP contribution in [0.1, 0.15) is 39.6 Å². The number of carbonyl (C=O) groups is 3. The number of methoxy groups -OCH3 is 2. The van der Waals surface area contributed by atoms with Gasteiger partial charge in [0.15, 0.2) is 0 Å². The summed E-state index contributed by atoms with van der Waals surface area (Å²) < 4.78 is 10.4. The number of carbonyl (C=O) groups excluding carboxylic acids is 3. The number of para-hydroxylation sites is 2. The van der Waals surface area contributed by atoms with E-state index < -0.39 is 18.1 Å². The number of amides is 4. The van der Waals surface area contributed by atoms with E-state index in [1.165, 1.54) is 4.90 Å². The Morgan fingerprint density at radius 2 is 1.75 bits per heavy atom. The number of nitrogens with one attached hydrogen (secondary N) is 2. The van der Waals surface area contributed by atoms with Crippen molar-refractivity contribution in [3.05, 3.63) is 95.2 Å². The average molecular weight is 539 g/mol. The van der Waals surface area contributed by atoms with Crippen LogP contribution in [0.2, 0.25) is 0 Å². The highest BCUT2D eigenvalue weighted by Crippen LogP contribution is 2.45. The minimum Gasteiger partial charge on any atom is -0.497 e. The number of aromatic nitrogens is 1. The third-order valence-corrected chi connectivity index (χ3v) is 7.68. The number of urea groups is 1. The van der Waals surface area contributed by atoms with Crippen molar-refractivity contribution in [2.24, 2.45) is 0 Å². The van der Waals surface area contributed by atoms with Gasteiger partial charge < -0.3 is 19.8 Å². The largest absolute Gasteiger partial charge is 0.497 e. The number of hydrogen-bond donors (Lipinski definition) is 2. The normalized spacial score (nSPS) is 18.1. The molecule has 4 amide bonds. The standard InChI is InChI=1S/C31H30N4O5/c1-39-17-7-16-32-29(36)22-9-4-6-11-25(22)35-30(37)26-18-23-21-8-3-5-10-24(21)33-27(23)28(34(26)31(35)38)19-12-14-20(40-2)15-13-19/h3-6,8-15,26,28,33H,7,16-18H2,1-2H3,(H,32,36)/t26-,28-/m0/s1. The summed E-state index contributed by atoms with van der Waals surface area (Å²) in [7, 11) is 3.21. The van der Waals surface area contributed by atoms with Gasteiger partial charge in [0.05, 0.1) is 18.4 Å². The van der Waals surface area contributed by atoms with Crippen LogP contribution in [-0.4, -0.2) is 61.1 Å². The Morgan fingerprint density at radius 1 is 1.00 bits per heavy atom. The molecule has 2 N–H and O–H groups in total. The number of anilines is 1. The molecule has 9 heteroatoms. The van der Waals surface area contributed by atoms with Gasteiger partial charge in [0.1, 0.15) is 17.8 Å². The molecule has 1 fully saturated rings. The molecule has 0 unspecified atom stereocenters. The lowest BCUT2D eigenvalue weighted by atomic mass is 9.89. The van der Waals surface area contributed by atoms with Gasteiger partial charge in [0.2, 0.25) is 0 Å². The fraction of sp³-hybridized carbons (Fsp3) is 0.258. The molecule has 1 aromatic heterocycles. The van der Waals surface area contributed by atoms with Gasteiger partial charge in [-0.05, 0) is 47.9 Å². The average Bonchev–Trinajstić information content (AvgIpc) is 3.48. The zero-order chi connectivity index (χ0) is 27.8. The van der Waals surface area contributed by atoms with Gasteiger partial charge in [0, 0.05) is 43.3 Å². The molecule has 6 rings (SSSR count). The molecule has 0 aliphatic carbocycles. The van der Waals surface area contributed by atoms with Crippen molar-refractivity contribution >= 4 is 34.4 Å². The summed E-state index contributed by atoms with van der Waals surface area (Å²) in [4.78, 5) is 47.7. The first-order valence-electron chi connectivity index (χ1n) is 13.3. The molecule has 2 aliphatic rings. The number of imide groups is 1. The highest BCUT2D eigenvalue weighted by atomic mass is 16.5. The van der Waals surface area contributed by atoms with Crippen LogP contribution in [0.25, 0.3) is 10.9 Å². The molecular weight excluding hydrogens is 508 g/mol. The highest BCUT2D eigenvalue weighted by molar-refractivity contribution is 6.24. The van der Waals surface area contributed by atoms with E-state index in [1.807, 2.05) is 48.5 Å². The molecule has 3 aromatic carbocycles. The number of benzene rings is 3. The van der Waals surface area contributed by atoms with E-state index in [-0.39, 0.29) is 23.1 Å². The molecular formula is C31H30N4O5. The minimum atomic E-state index is -0.718. The van der Waals surface area contributed by atoms with E-state index in [0.29, 0.717) is 31.7 Å². The van der Waals surface area contributed by atoms with E-state index in [1.54, 1.807) is 43.4 Å². The monoisotopic (exact) mass is 538 g/mol. The van der Waals surface area contributed by atoms with Crippen molar-refractivity contribution in [2.75, 3.05) is 32.3 Å². The van der Waals surface area contributed by atoms with Gasteiger partial charge in [-0.3, -0.25) is 14.5 Å². The Hall–Kier alpha value is -4.63. The van der Waals surface area contributed by atoms with Crippen molar-refractivity contribution in [1.29, 1.82) is 0 Å². The summed E-state index contributed by atoms with van der Waals surface area (Å²) in [5.41, 5.74) is 4.26. The van der Waals surface area contributed by atoms with E-state index >= 15 is 0 Å². The summed E-state index contributed by atoms with van der Waals surface area (Å²) >= 11 is 0. The fourth-order valence-corrected chi connectivity index (χ4v) is 5.80. The zero-order valence-corrected chi connectivity index (χ0v) is 22.3. The minimum absolute atomic E-state index is 0.270. The summed E-state index contributed by atoms with van der Waals surface area (Å²) in [6, 6.07) is 20.5. The van der Waals surface area contributed by atoms with E-state index in [0.717, 1.165) is 27.7 Å². The van der Waals surface area contributed by atoms with Crippen molar-refractivity contribution < 1.29 is 23.9 Å². The molecule has 0 radical (unpaired) electrons. The summed E-state index contributed by atoms with van der Waals surface area (Å²) in [5.74, 6) is 0.00281. The molecule has 3 heterocycles. The summed E-state index contributed by atoms with van der Waals surface area (Å²) in [5, 5.41) is 3.90. The van der Waals surface area contributed by atoms with Crippen molar-refractivity contribution in [3.63, 3.8) is 0 Å². The number of ether oxygens (including phenoxy) is 2. The van der Waals surface area contributed by atoms with Crippen LogP contribution < -0.4 is 15.0 Å². The van der Waals surface area contributed by atoms with Gasteiger partial charge in [0.25, 0.3) is 11.8 Å². The lowest BCUT2D eigenvalue weighted by molar-refractivity contribution is -0.120. The molecule has 204 valence electrons. The number of H-pyrrole nitrogens is 1. The molecule has 0 bridgehead atoms. The van der Waals surface area contributed by atoms with Gasteiger partial charge in [-0.2, -0.15) is 0 Å². The van der Waals surface area contributed by atoms with Gasteiger partial charge in [-0.25, -0.2) is 9.69 Å². The summed E-state index contributed by atoms with van der Waals surface area (Å²) in [6.45, 7) is 0.933. The highest BCUT2D eigenvalue weighted by Gasteiger charge is 2.53. The number of fused-ring (bicyclic) bond motifs is 4. The topological polar surface area (TPSA) is 104 Å².